The summed E-state index contributed by atoms with van der Waals surface area (Å²) in [4.78, 5) is 13.9. The quantitative estimate of drug-likeness (QED) is 0.769. The van der Waals surface area contributed by atoms with Crippen LogP contribution in [0.4, 0.5) is 0 Å². The van der Waals surface area contributed by atoms with Gasteiger partial charge in [-0.1, -0.05) is 0 Å². The highest BCUT2D eigenvalue weighted by atomic mass is 16.5. The van der Waals surface area contributed by atoms with Gasteiger partial charge in [-0.05, 0) is 30.3 Å². The van der Waals surface area contributed by atoms with Gasteiger partial charge in [0.15, 0.2) is 0 Å². The molecule has 20 heavy (non-hydrogen) atoms. The zero-order valence-electron chi connectivity index (χ0n) is 11.2. The van der Waals surface area contributed by atoms with Gasteiger partial charge in [0.25, 0.3) is 0 Å². The Morgan fingerprint density at radius 1 is 1.30 bits per heavy atom. The number of nitrogens with zero attached hydrogens (tertiary/aromatic N) is 1. The Morgan fingerprint density at radius 2 is 2.10 bits per heavy atom. The van der Waals surface area contributed by atoms with Crippen LogP contribution >= 0.6 is 0 Å². The van der Waals surface area contributed by atoms with Crippen LogP contribution in [0.2, 0.25) is 0 Å². The predicted molar refractivity (Wildman–Crippen MR) is 76.2 cm³/mol. The number of carbonyl (C=O) groups is 1. The molecule has 0 unspecified atom stereocenters. The van der Waals surface area contributed by atoms with Gasteiger partial charge in [-0.3, -0.25) is 0 Å². The Labute approximate surface area is 115 Å². The first-order valence-electron chi connectivity index (χ1n) is 6.16. The number of aromatic amines is 1. The molecule has 102 valence electrons. The zero-order chi connectivity index (χ0) is 14.3. The van der Waals surface area contributed by atoms with Crippen molar-refractivity contribution >= 4 is 16.9 Å². The number of rotatable bonds is 3. The maximum absolute atomic E-state index is 11.0. The van der Waals surface area contributed by atoms with Crippen molar-refractivity contribution in [2.75, 3.05) is 7.11 Å². The molecule has 0 aliphatic heterocycles. The van der Waals surface area contributed by atoms with Crippen molar-refractivity contribution < 1.29 is 14.6 Å². The summed E-state index contributed by atoms with van der Waals surface area (Å²) < 4.78 is 7.26. The highest BCUT2D eigenvalue weighted by Gasteiger charge is 2.13. The molecule has 0 aliphatic carbocycles. The van der Waals surface area contributed by atoms with Crippen molar-refractivity contribution in [2.45, 2.75) is 0 Å². The van der Waals surface area contributed by atoms with Gasteiger partial charge < -0.3 is 19.4 Å². The fourth-order valence-electron chi connectivity index (χ4n) is 2.39. The number of carboxylic acid groups (broad SMARTS) is 1. The second-order valence-electron chi connectivity index (χ2n) is 4.63. The molecule has 0 radical (unpaired) electrons. The second-order valence-corrected chi connectivity index (χ2v) is 4.63. The number of hydrogen-bond acceptors (Lipinski definition) is 2. The van der Waals surface area contributed by atoms with Crippen LogP contribution in [0.1, 0.15) is 10.5 Å². The number of nitrogens with one attached hydrogen (secondary N) is 1. The zero-order valence-corrected chi connectivity index (χ0v) is 11.2. The molecule has 0 saturated heterocycles. The molecule has 0 aliphatic rings. The highest BCUT2D eigenvalue weighted by Crippen LogP contribution is 2.32. The monoisotopic (exact) mass is 270 g/mol. The lowest BCUT2D eigenvalue weighted by Crippen LogP contribution is -1.95. The van der Waals surface area contributed by atoms with Crippen molar-refractivity contribution in [1.29, 1.82) is 0 Å². The van der Waals surface area contributed by atoms with E-state index in [1.165, 1.54) is 0 Å². The number of H-pyrrole nitrogens is 1. The van der Waals surface area contributed by atoms with Crippen LogP contribution in [0.25, 0.3) is 22.2 Å². The van der Waals surface area contributed by atoms with E-state index in [4.69, 9.17) is 9.84 Å². The first-order chi connectivity index (χ1) is 9.60. The molecule has 5 heteroatoms. The average Bonchev–Trinajstić information content (AvgIpc) is 3.03. The fourth-order valence-corrected chi connectivity index (χ4v) is 2.39. The third kappa shape index (κ3) is 1.84. The molecule has 0 atom stereocenters. The van der Waals surface area contributed by atoms with E-state index in [0.717, 1.165) is 27.9 Å². The SMILES string of the molecule is COc1ccc2c(c1)c(-c1ccc(C(=O)O)[nH]1)cn2C. The fraction of sp³-hybridized carbons (Fsp3) is 0.133. The molecular weight excluding hydrogens is 256 g/mol. The lowest BCUT2D eigenvalue weighted by Gasteiger charge is -2.01. The van der Waals surface area contributed by atoms with Crippen LogP contribution in [-0.4, -0.2) is 27.7 Å². The van der Waals surface area contributed by atoms with Gasteiger partial charge in [-0.15, -0.1) is 0 Å². The normalized spacial score (nSPS) is 10.9. The first kappa shape index (κ1) is 12.3. The Bertz CT molecular complexity index is 799. The molecule has 0 fully saturated rings. The van der Waals surface area contributed by atoms with E-state index in [1.807, 2.05) is 36.0 Å². The summed E-state index contributed by atoms with van der Waals surface area (Å²) in [6, 6.07) is 9.18. The van der Waals surface area contributed by atoms with Crippen molar-refractivity contribution in [2.24, 2.45) is 7.05 Å². The minimum atomic E-state index is -0.964. The first-order valence-corrected chi connectivity index (χ1v) is 6.16. The van der Waals surface area contributed by atoms with E-state index in [9.17, 15) is 4.79 Å². The van der Waals surface area contributed by atoms with Gasteiger partial charge in [0, 0.05) is 35.4 Å². The highest BCUT2D eigenvalue weighted by molar-refractivity contribution is 5.97. The molecule has 0 spiro atoms. The maximum Gasteiger partial charge on any atom is 0.352 e. The summed E-state index contributed by atoms with van der Waals surface area (Å²) >= 11 is 0. The molecule has 2 N–H and O–H groups in total. The summed E-state index contributed by atoms with van der Waals surface area (Å²) in [7, 11) is 3.58. The Hall–Kier alpha value is -2.69. The number of ether oxygens (including phenoxy) is 1. The summed E-state index contributed by atoms with van der Waals surface area (Å²) in [6.07, 6.45) is 1.97. The van der Waals surface area contributed by atoms with Gasteiger partial charge in [-0.2, -0.15) is 0 Å². The van der Waals surface area contributed by atoms with E-state index in [1.54, 1.807) is 19.2 Å². The standard InChI is InChI=1S/C15H14N2O3/c1-17-8-11(12-4-5-13(16-12)15(18)19)10-7-9(20-2)3-6-14(10)17/h3-8,16H,1-2H3,(H,18,19). The minimum absolute atomic E-state index is 0.180. The molecule has 3 rings (SSSR count). The van der Waals surface area contributed by atoms with E-state index in [0.29, 0.717) is 0 Å². The number of aromatic nitrogens is 2. The molecule has 3 aromatic rings. The molecule has 1 aromatic carbocycles. The number of aryl methyl sites for hydroxylation is 1. The van der Waals surface area contributed by atoms with Crippen LogP contribution in [0.3, 0.4) is 0 Å². The smallest absolute Gasteiger partial charge is 0.352 e. The molecule has 0 amide bonds. The van der Waals surface area contributed by atoms with Crippen molar-refractivity contribution in [3.8, 4) is 17.0 Å². The van der Waals surface area contributed by atoms with Crippen LogP contribution in [-0.2, 0) is 7.05 Å². The van der Waals surface area contributed by atoms with E-state index in [2.05, 4.69) is 4.98 Å². The number of aromatic carboxylic acids is 1. The van der Waals surface area contributed by atoms with Gasteiger partial charge in [0.05, 0.1) is 7.11 Å². The number of carboxylic acids is 1. The van der Waals surface area contributed by atoms with Gasteiger partial charge >= 0.3 is 5.97 Å². The Kier molecular flexibility index (Phi) is 2.75. The molecule has 2 aromatic heterocycles. The van der Waals surface area contributed by atoms with E-state index >= 15 is 0 Å². The number of methoxy groups -OCH3 is 1. The Morgan fingerprint density at radius 3 is 2.75 bits per heavy atom. The molecule has 2 heterocycles. The predicted octanol–water partition coefficient (Wildman–Crippen LogP) is 2.88. The number of benzene rings is 1. The summed E-state index contributed by atoms with van der Waals surface area (Å²) in [5.41, 5.74) is 2.97. The summed E-state index contributed by atoms with van der Waals surface area (Å²) in [6.45, 7) is 0. The maximum atomic E-state index is 11.0. The van der Waals surface area contributed by atoms with Gasteiger partial charge in [0.1, 0.15) is 11.4 Å². The summed E-state index contributed by atoms with van der Waals surface area (Å²) in [5, 5.41) is 10.0. The van der Waals surface area contributed by atoms with Crippen LogP contribution < -0.4 is 4.74 Å². The van der Waals surface area contributed by atoms with Gasteiger partial charge in [-0.25, -0.2) is 4.79 Å². The van der Waals surface area contributed by atoms with Crippen molar-refractivity contribution in [3.05, 3.63) is 42.2 Å². The lowest BCUT2D eigenvalue weighted by atomic mass is 10.1. The summed E-state index contributed by atoms with van der Waals surface area (Å²) in [5.74, 6) is -0.191. The van der Waals surface area contributed by atoms with E-state index < -0.39 is 5.97 Å². The Balaban J connectivity index is 2.21. The van der Waals surface area contributed by atoms with Crippen molar-refractivity contribution in [3.63, 3.8) is 0 Å². The molecular formula is C15H14N2O3. The van der Waals surface area contributed by atoms with Crippen LogP contribution in [0, 0.1) is 0 Å². The van der Waals surface area contributed by atoms with E-state index in [-0.39, 0.29) is 5.69 Å². The third-order valence-electron chi connectivity index (χ3n) is 3.40. The molecule has 0 saturated carbocycles. The lowest BCUT2D eigenvalue weighted by molar-refractivity contribution is 0.0691. The second kappa shape index (κ2) is 4.45. The topological polar surface area (TPSA) is 67.2 Å². The van der Waals surface area contributed by atoms with Gasteiger partial charge in [0.2, 0.25) is 0 Å². The number of fused-ring (bicyclic) bond motifs is 1. The molecule has 0 bridgehead atoms. The number of hydrogen-bond donors (Lipinski definition) is 2. The van der Waals surface area contributed by atoms with Crippen molar-refractivity contribution in [1.82, 2.24) is 9.55 Å². The molecule has 5 nitrogen and oxygen atoms in total. The third-order valence-corrected chi connectivity index (χ3v) is 3.40. The van der Waals surface area contributed by atoms with Crippen LogP contribution in [0.15, 0.2) is 36.5 Å². The minimum Gasteiger partial charge on any atom is -0.497 e. The average molecular weight is 270 g/mol. The largest absolute Gasteiger partial charge is 0.497 e. The van der Waals surface area contributed by atoms with Crippen LogP contribution in [0.5, 0.6) is 5.75 Å².